The van der Waals surface area contributed by atoms with Crippen molar-refractivity contribution in [1.82, 2.24) is 19.9 Å². The summed E-state index contributed by atoms with van der Waals surface area (Å²) in [7, 11) is 0. The monoisotopic (exact) mass is 406 g/mol. The van der Waals surface area contributed by atoms with Gasteiger partial charge in [-0.2, -0.15) is 5.10 Å². The van der Waals surface area contributed by atoms with Crippen molar-refractivity contribution in [3.63, 3.8) is 0 Å². The summed E-state index contributed by atoms with van der Waals surface area (Å²) in [5.41, 5.74) is 3.51. The Hall–Kier alpha value is -3.22. The van der Waals surface area contributed by atoms with E-state index in [1.54, 1.807) is 29.0 Å². The van der Waals surface area contributed by atoms with Crippen molar-refractivity contribution >= 4 is 23.2 Å². The van der Waals surface area contributed by atoms with Crippen molar-refractivity contribution in [1.29, 1.82) is 0 Å². The maximum atomic E-state index is 12.7. The summed E-state index contributed by atoms with van der Waals surface area (Å²) in [6, 6.07) is 18.3. The summed E-state index contributed by atoms with van der Waals surface area (Å²) in [5, 5.41) is 17.4. The third-order valence-corrected chi connectivity index (χ3v) is 4.85. The first-order valence-electron chi connectivity index (χ1n) is 9.20. The Morgan fingerprint density at radius 2 is 1.97 bits per heavy atom. The molecule has 4 aromatic rings. The average molecular weight is 407 g/mol. The lowest BCUT2D eigenvalue weighted by Gasteiger charge is -2.16. The Morgan fingerprint density at radius 1 is 1.14 bits per heavy atom. The normalized spacial score (nSPS) is 12.1. The molecule has 7 heteroatoms. The zero-order valence-electron chi connectivity index (χ0n) is 15.5. The number of carbonyl (C=O) groups excluding carboxylic acids is 1. The molecule has 0 radical (unpaired) electrons. The molecule has 2 N–H and O–H groups in total. The number of nitrogens with zero attached hydrogens (tertiary/aromatic N) is 3. The smallest absolute Gasteiger partial charge is 0.270 e. The number of hydrogen-bond acceptors (Lipinski definition) is 4. The highest BCUT2D eigenvalue weighted by molar-refractivity contribution is 6.30. The van der Waals surface area contributed by atoms with Crippen LogP contribution in [0.2, 0.25) is 5.02 Å². The van der Waals surface area contributed by atoms with Gasteiger partial charge in [0.2, 0.25) is 0 Å². The molecule has 0 saturated heterocycles. The summed E-state index contributed by atoms with van der Waals surface area (Å²) in [6.07, 6.45) is 3.92. The number of carbonyl (C=O) groups is 1. The molecule has 4 rings (SSSR count). The minimum absolute atomic E-state index is 0.163. The van der Waals surface area contributed by atoms with Crippen LogP contribution < -0.4 is 5.32 Å². The van der Waals surface area contributed by atoms with Crippen molar-refractivity contribution in [2.24, 2.45) is 0 Å². The van der Waals surface area contributed by atoms with Crippen LogP contribution in [0.3, 0.4) is 0 Å². The zero-order valence-corrected chi connectivity index (χ0v) is 16.3. The third-order valence-electron chi connectivity index (χ3n) is 4.62. The highest BCUT2D eigenvalue weighted by atomic mass is 35.5. The van der Waals surface area contributed by atoms with E-state index in [1.807, 2.05) is 48.5 Å². The van der Waals surface area contributed by atoms with Crippen LogP contribution in [0.4, 0.5) is 0 Å². The molecular weight excluding hydrogens is 388 g/mol. The average Bonchev–Trinajstić information content (AvgIpc) is 3.17. The third kappa shape index (κ3) is 4.29. The number of aliphatic hydroxyl groups excluding tert-OH is 1. The molecule has 0 aliphatic heterocycles. The van der Waals surface area contributed by atoms with Crippen molar-refractivity contribution in [2.45, 2.75) is 12.5 Å². The summed E-state index contributed by atoms with van der Waals surface area (Å²) in [6.45, 7) is -0.163. The molecule has 0 spiro atoms. The van der Waals surface area contributed by atoms with Gasteiger partial charge in [-0.05, 0) is 35.7 Å². The van der Waals surface area contributed by atoms with Crippen LogP contribution >= 0.6 is 11.6 Å². The zero-order chi connectivity index (χ0) is 20.2. The maximum Gasteiger partial charge on any atom is 0.270 e. The molecule has 0 unspecified atom stereocenters. The second-order valence-electron chi connectivity index (χ2n) is 6.69. The molecule has 6 nitrogen and oxygen atoms in total. The fraction of sp³-hybridized carbons (Fsp3) is 0.136. The second kappa shape index (κ2) is 8.43. The molecular formula is C22H19ClN4O2. The van der Waals surface area contributed by atoms with Crippen LogP contribution in [-0.2, 0) is 6.42 Å². The van der Waals surface area contributed by atoms with E-state index in [-0.39, 0.29) is 18.2 Å². The highest BCUT2D eigenvalue weighted by Crippen LogP contribution is 2.25. The van der Waals surface area contributed by atoms with Crippen LogP contribution in [0.15, 0.2) is 73.1 Å². The number of fused-ring (bicyclic) bond motifs is 1. The van der Waals surface area contributed by atoms with Crippen LogP contribution in [0, 0.1) is 0 Å². The summed E-state index contributed by atoms with van der Waals surface area (Å²) < 4.78 is 1.61. The van der Waals surface area contributed by atoms with Crippen LogP contribution in [-0.4, -0.2) is 38.3 Å². The molecule has 146 valence electrons. The lowest BCUT2D eigenvalue weighted by atomic mass is 10.1. The Balaban J connectivity index is 1.58. The van der Waals surface area contributed by atoms with E-state index in [9.17, 15) is 9.90 Å². The van der Waals surface area contributed by atoms with Crippen LogP contribution in [0.25, 0.3) is 16.8 Å². The van der Waals surface area contributed by atoms with Gasteiger partial charge in [0.25, 0.3) is 5.91 Å². The van der Waals surface area contributed by atoms with Gasteiger partial charge in [0.05, 0.1) is 18.8 Å². The van der Waals surface area contributed by atoms with Gasteiger partial charge in [0.15, 0.2) is 5.65 Å². The summed E-state index contributed by atoms with van der Waals surface area (Å²) in [5.74, 6) is -0.347. The quantitative estimate of drug-likeness (QED) is 0.514. The van der Waals surface area contributed by atoms with Gasteiger partial charge in [-0.3, -0.25) is 4.79 Å². The second-order valence-corrected chi connectivity index (χ2v) is 7.13. The Bertz CT molecular complexity index is 1140. The van der Waals surface area contributed by atoms with Gasteiger partial charge in [-0.1, -0.05) is 54.1 Å². The van der Waals surface area contributed by atoms with Gasteiger partial charge >= 0.3 is 0 Å². The molecule has 2 aromatic carbocycles. The van der Waals surface area contributed by atoms with Gasteiger partial charge in [0.1, 0.15) is 5.69 Å². The molecule has 29 heavy (non-hydrogen) atoms. The van der Waals surface area contributed by atoms with Gasteiger partial charge in [-0.25, -0.2) is 9.50 Å². The molecule has 0 aliphatic carbocycles. The van der Waals surface area contributed by atoms with E-state index >= 15 is 0 Å². The van der Waals surface area contributed by atoms with Crippen LogP contribution in [0.1, 0.15) is 16.1 Å². The summed E-state index contributed by atoms with van der Waals surface area (Å²) >= 11 is 6.10. The van der Waals surface area contributed by atoms with Gasteiger partial charge < -0.3 is 10.4 Å². The largest absolute Gasteiger partial charge is 0.394 e. The standard InChI is InChI=1S/C22H19ClN4O2/c23-17-8-4-7-16(12-17)19-13-24-27-10-9-20(26-21(19)27)22(29)25-18(14-28)11-15-5-2-1-3-6-15/h1-10,12-13,18,28H,11,14H2,(H,25,29)/t18-/m0/s1. The lowest BCUT2D eigenvalue weighted by molar-refractivity contribution is 0.0911. The van der Waals surface area contributed by atoms with E-state index < -0.39 is 6.04 Å². The molecule has 0 fully saturated rings. The van der Waals surface area contributed by atoms with Crippen molar-refractivity contribution in [3.05, 3.63) is 89.3 Å². The number of benzene rings is 2. The minimum Gasteiger partial charge on any atom is -0.394 e. The molecule has 2 heterocycles. The maximum absolute atomic E-state index is 12.7. The minimum atomic E-state index is -0.403. The molecule has 0 bridgehead atoms. The van der Waals surface area contributed by atoms with E-state index in [0.29, 0.717) is 17.1 Å². The molecule has 0 aliphatic rings. The molecule has 2 aromatic heterocycles. The van der Waals surface area contributed by atoms with Crippen molar-refractivity contribution in [3.8, 4) is 11.1 Å². The van der Waals surface area contributed by atoms with Crippen molar-refractivity contribution < 1.29 is 9.90 Å². The van der Waals surface area contributed by atoms with Gasteiger partial charge in [0, 0.05) is 16.8 Å². The Kier molecular flexibility index (Phi) is 5.55. The first-order chi connectivity index (χ1) is 14.1. The van der Waals surface area contributed by atoms with Gasteiger partial charge in [-0.15, -0.1) is 0 Å². The van der Waals surface area contributed by atoms with Crippen molar-refractivity contribution in [2.75, 3.05) is 6.61 Å². The van der Waals surface area contributed by atoms with E-state index in [2.05, 4.69) is 15.4 Å². The molecule has 1 amide bonds. The Morgan fingerprint density at radius 3 is 2.72 bits per heavy atom. The van der Waals surface area contributed by atoms with E-state index in [0.717, 1.165) is 16.7 Å². The first-order valence-corrected chi connectivity index (χ1v) is 9.58. The number of aliphatic hydroxyl groups is 1. The number of halogens is 1. The predicted octanol–water partition coefficient (Wildman–Crippen LogP) is 3.38. The number of nitrogens with one attached hydrogen (secondary N) is 1. The van der Waals surface area contributed by atoms with Crippen LogP contribution in [0.5, 0.6) is 0 Å². The topological polar surface area (TPSA) is 79.5 Å². The van der Waals surface area contributed by atoms with E-state index in [1.165, 1.54) is 0 Å². The molecule has 0 saturated carbocycles. The predicted molar refractivity (Wildman–Crippen MR) is 112 cm³/mol. The first kappa shape index (κ1) is 19.1. The lowest BCUT2D eigenvalue weighted by Crippen LogP contribution is -2.39. The number of rotatable bonds is 6. The fourth-order valence-corrected chi connectivity index (χ4v) is 3.36. The Labute approximate surface area is 172 Å². The summed E-state index contributed by atoms with van der Waals surface area (Å²) in [4.78, 5) is 17.2. The number of amides is 1. The highest BCUT2D eigenvalue weighted by Gasteiger charge is 2.17. The number of hydrogen-bond donors (Lipinski definition) is 2. The molecule has 1 atom stereocenters. The fourth-order valence-electron chi connectivity index (χ4n) is 3.17. The number of aromatic nitrogens is 3. The SMILES string of the molecule is O=C(N[C@H](CO)Cc1ccccc1)c1ccn2ncc(-c3cccc(Cl)c3)c2n1. The van der Waals surface area contributed by atoms with E-state index in [4.69, 9.17) is 11.6 Å².